The van der Waals surface area contributed by atoms with Crippen LogP contribution in [0, 0.1) is 10.1 Å². The standard InChI is InChI=1S/C28H32N4O6/c1-17-23(26(33)37-4)25(20-6-5-7-22(14-20)32(35)36)24(18(2)30-17)27(34)38-28(3)12-13-31(16-28)15-19-8-10-21(29)11-9-19/h5-11,14,25,30H,12-13,15-16,29H2,1-4H3/t25-,28+/m1/s1. The lowest BCUT2D eigenvalue weighted by Gasteiger charge is -2.32. The predicted octanol–water partition coefficient (Wildman–Crippen LogP) is 3.79. The Kier molecular flexibility index (Phi) is 7.54. The van der Waals surface area contributed by atoms with Gasteiger partial charge in [-0.15, -0.1) is 0 Å². The number of hydrogen-bond acceptors (Lipinski definition) is 9. The highest BCUT2D eigenvalue weighted by Crippen LogP contribution is 2.41. The maximum atomic E-state index is 13.8. The number of carbonyl (C=O) groups excluding carboxylic acids is 2. The quantitative estimate of drug-likeness (QED) is 0.242. The summed E-state index contributed by atoms with van der Waals surface area (Å²) in [5.41, 5.74) is 8.56. The Morgan fingerprint density at radius 3 is 2.42 bits per heavy atom. The topological polar surface area (TPSA) is 137 Å². The summed E-state index contributed by atoms with van der Waals surface area (Å²) < 4.78 is 11.1. The Morgan fingerprint density at radius 1 is 1.13 bits per heavy atom. The molecule has 0 aliphatic carbocycles. The first-order valence-electron chi connectivity index (χ1n) is 12.3. The molecule has 1 fully saturated rings. The van der Waals surface area contributed by atoms with Crippen molar-refractivity contribution < 1.29 is 24.0 Å². The number of dihydropyridines is 1. The third-order valence-corrected chi connectivity index (χ3v) is 7.04. The van der Waals surface area contributed by atoms with Gasteiger partial charge in [-0.1, -0.05) is 24.3 Å². The van der Waals surface area contributed by atoms with Crippen LogP contribution in [0.4, 0.5) is 11.4 Å². The monoisotopic (exact) mass is 520 g/mol. The highest BCUT2D eigenvalue weighted by atomic mass is 16.6. The number of anilines is 1. The van der Waals surface area contributed by atoms with Crippen LogP contribution in [0.15, 0.2) is 71.1 Å². The Balaban J connectivity index is 1.62. The minimum absolute atomic E-state index is 0.144. The van der Waals surface area contributed by atoms with Gasteiger partial charge in [0, 0.05) is 55.3 Å². The summed E-state index contributed by atoms with van der Waals surface area (Å²) in [5.74, 6) is -2.12. The molecule has 200 valence electrons. The minimum Gasteiger partial charge on any atom is -0.466 e. The lowest BCUT2D eigenvalue weighted by Crippen LogP contribution is -2.38. The zero-order chi connectivity index (χ0) is 27.6. The van der Waals surface area contributed by atoms with Crippen molar-refractivity contribution in [2.24, 2.45) is 0 Å². The van der Waals surface area contributed by atoms with Crippen molar-refractivity contribution >= 4 is 23.3 Å². The molecule has 0 unspecified atom stereocenters. The molecule has 2 heterocycles. The predicted molar refractivity (Wildman–Crippen MR) is 142 cm³/mol. The Labute approximate surface area is 221 Å². The van der Waals surface area contributed by atoms with E-state index in [4.69, 9.17) is 15.2 Å². The largest absolute Gasteiger partial charge is 0.466 e. The average molecular weight is 521 g/mol. The first-order valence-corrected chi connectivity index (χ1v) is 12.3. The number of likely N-dealkylation sites (tertiary alicyclic amines) is 1. The van der Waals surface area contributed by atoms with Gasteiger partial charge in [-0.25, -0.2) is 9.59 Å². The van der Waals surface area contributed by atoms with E-state index in [0.717, 1.165) is 12.1 Å². The van der Waals surface area contributed by atoms with E-state index in [-0.39, 0.29) is 16.8 Å². The normalized spacial score (nSPS) is 21.7. The molecule has 0 aromatic heterocycles. The number of ether oxygens (including phenoxy) is 2. The van der Waals surface area contributed by atoms with Gasteiger partial charge in [-0.2, -0.15) is 0 Å². The van der Waals surface area contributed by atoms with Gasteiger partial charge in [0.1, 0.15) is 5.60 Å². The van der Waals surface area contributed by atoms with Gasteiger partial charge in [0.25, 0.3) is 5.69 Å². The van der Waals surface area contributed by atoms with Gasteiger partial charge in [0.15, 0.2) is 0 Å². The third-order valence-electron chi connectivity index (χ3n) is 7.04. The molecule has 10 nitrogen and oxygen atoms in total. The van der Waals surface area contributed by atoms with Crippen molar-refractivity contribution in [3.63, 3.8) is 0 Å². The van der Waals surface area contributed by atoms with E-state index >= 15 is 0 Å². The molecule has 38 heavy (non-hydrogen) atoms. The second kappa shape index (κ2) is 10.7. The number of nitrogens with zero attached hydrogens (tertiary/aromatic N) is 2. The second-order valence-corrected chi connectivity index (χ2v) is 10.0. The number of esters is 2. The van der Waals surface area contributed by atoms with Crippen LogP contribution in [-0.4, -0.2) is 47.6 Å². The molecule has 4 rings (SSSR count). The SMILES string of the molecule is COC(=O)C1=C(C)NC(C)=C(C(=O)O[C@@]2(C)CCN(Cc3ccc(N)cc3)C2)[C@@H]1c1cccc([N+](=O)[O-])c1. The summed E-state index contributed by atoms with van der Waals surface area (Å²) in [4.78, 5) is 39.8. The van der Waals surface area contributed by atoms with E-state index in [1.807, 2.05) is 31.2 Å². The summed E-state index contributed by atoms with van der Waals surface area (Å²) >= 11 is 0. The van der Waals surface area contributed by atoms with Crippen LogP contribution in [-0.2, 0) is 25.6 Å². The fourth-order valence-corrected chi connectivity index (χ4v) is 5.20. The molecule has 0 bridgehead atoms. The number of rotatable bonds is 7. The van der Waals surface area contributed by atoms with Crippen molar-refractivity contribution in [2.45, 2.75) is 45.3 Å². The Hall–Kier alpha value is -4.18. The zero-order valence-electron chi connectivity index (χ0n) is 21.9. The van der Waals surface area contributed by atoms with E-state index in [9.17, 15) is 19.7 Å². The van der Waals surface area contributed by atoms with E-state index in [1.54, 1.807) is 19.9 Å². The fourth-order valence-electron chi connectivity index (χ4n) is 5.20. The van der Waals surface area contributed by atoms with Crippen LogP contribution in [0.3, 0.4) is 0 Å². The number of nitrogens with two attached hydrogens (primary N) is 1. The molecule has 2 aliphatic heterocycles. The van der Waals surface area contributed by atoms with Gasteiger partial charge in [-0.3, -0.25) is 15.0 Å². The molecular formula is C28H32N4O6. The summed E-state index contributed by atoms with van der Waals surface area (Å²) in [6, 6.07) is 13.6. The second-order valence-electron chi connectivity index (χ2n) is 10.0. The maximum Gasteiger partial charge on any atom is 0.337 e. The van der Waals surface area contributed by atoms with Crippen LogP contribution in [0.5, 0.6) is 0 Å². The van der Waals surface area contributed by atoms with Crippen LogP contribution >= 0.6 is 0 Å². The van der Waals surface area contributed by atoms with Crippen LogP contribution in [0.1, 0.15) is 44.2 Å². The number of nitro benzene ring substituents is 1. The molecule has 0 spiro atoms. The lowest BCUT2D eigenvalue weighted by atomic mass is 9.80. The molecule has 2 aliphatic rings. The van der Waals surface area contributed by atoms with Gasteiger partial charge in [-0.05, 0) is 44.0 Å². The number of allylic oxidation sites excluding steroid dienone is 2. The van der Waals surface area contributed by atoms with Crippen molar-refractivity contribution in [1.29, 1.82) is 0 Å². The molecule has 1 saturated heterocycles. The maximum absolute atomic E-state index is 13.8. The molecule has 0 radical (unpaired) electrons. The number of carbonyl (C=O) groups is 2. The van der Waals surface area contributed by atoms with Crippen LogP contribution in [0.25, 0.3) is 0 Å². The number of nitro groups is 1. The molecule has 3 N–H and O–H groups in total. The lowest BCUT2D eigenvalue weighted by molar-refractivity contribution is -0.384. The van der Waals surface area contributed by atoms with Gasteiger partial charge in [0.2, 0.25) is 0 Å². The first kappa shape index (κ1) is 26.9. The summed E-state index contributed by atoms with van der Waals surface area (Å²) in [5, 5.41) is 14.6. The molecular weight excluding hydrogens is 488 g/mol. The Bertz CT molecular complexity index is 1330. The van der Waals surface area contributed by atoms with Gasteiger partial charge in [0.05, 0.1) is 29.1 Å². The van der Waals surface area contributed by atoms with Crippen molar-refractivity contribution in [3.05, 3.63) is 92.3 Å². The summed E-state index contributed by atoms with van der Waals surface area (Å²) in [6.07, 6.45) is 0.633. The number of hydrogen-bond donors (Lipinski definition) is 2. The highest BCUT2D eigenvalue weighted by Gasteiger charge is 2.42. The minimum atomic E-state index is -0.896. The summed E-state index contributed by atoms with van der Waals surface area (Å²) in [7, 11) is 1.26. The first-order chi connectivity index (χ1) is 18.0. The number of benzene rings is 2. The fraction of sp³-hybridized carbons (Fsp3) is 0.357. The number of nitrogen functional groups attached to an aromatic ring is 1. The zero-order valence-corrected chi connectivity index (χ0v) is 21.9. The van der Waals surface area contributed by atoms with Crippen molar-refractivity contribution in [2.75, 3.05) is 25.9 Å². The van der Waals surface area contributed by atoms with E-state index in [2.05, 4.69) is 10.2 Å². The number of methoxy groups -OCH3 is 1. The van der Waals surface area contributed by atoms with Crippen molar-refractivity contribution in [3.8, 4) is 0 Å². The van der Waals surface area contributed by atoms with E-state index in [0.29, 0.717) is 42.2 Å². The van der Waals surface area contributed by atoms with Crippen molar-refractivity contribution in [1.82, 2.24) is 10.2 Å². The van der Waals surface area contributed by atoms with Gasteiger partial charge >= 0.3 is 11.9 Å². The molecule has 0 amide bonds. The van der Waals surface area contributed by atoms with E-state index < -0.39 is 28.4 Å². The Morgan fingerprint density at radius 2 is 1.79 bits per heavy atom. The van der Waals surface area contributed by atoms with Crippen LogP contribution in [0.2, 0.25) is 0 Å². The molecule has 2 aromatic rings. The molecule has 2 aromatic carbocycles. The molecule has 2 atom stereocenters. The number of nitrogens with one attached hydrogen (secondary N) is 1. The highest BCUT2D eigenvalue weighted by molar-refractivity contribution is 6.00. The van der Waals surface area contributed by atoms with Crippen LogP contribution < -0.4 is 11.1 Å². The molecule has 10 heteroatoms. The average Bonchev–Trinajstić information content (AvgIpc) is 3.24. The third kappa shape index (κ3) is 5.55. The number of non-ortho nitro benzene ring substituents is 1. The smallest absolute Gasteiger partial charge is 0.337 e. The van der Waals surface area contributed by atoms with E-state index in [1.165, 1.54) is 25.3 Å². The van der Waals surface area contributed by atoms with Gasteiger partial charge < -0.3 is 20.5 Å². The summed E-state index contributed by atoms with van der Waals surface area (Å²) in [6.45, 7) is 7.29. The molecule has 0 saturated carbocycles.